The number of hydrogen-bond donors (Lipinski definition) is 1. The second-order valence-corrected chi connectivity index (χ2v) is 13.1. The zero-order valence-electron chi connectivity index (χ0n) is 22.7. The van der Waals surface area contributed by atoms with Crippen molar-refractivity contribution in [2.75, 3.05) is 19.6 Å². The molecule has 0 bridgehead atoms. The summed E-state index contributed by atoms with van der Waals surface area (Å²) in [5, 5.41) is 12.3. The number of fused-ring (bicyclic) bond motifs is 1. The minimum atomic E-state index is -1.02. The molecule has 2 aromatic rings. The van der Waals surface area contributed by atoms with Crippen LogP contribution >= 0.6 is 0 Å². The van der Waals surface area contributed by atoms with Gasteiger partial charge in [-0.1, -0.05) is 67.6 Å². The molecule has 2 saturated carbocycles. The van der Waals surface area contributed by atoms with E-state index in [2.05, 4.69) is 18.7 Å². The van der Waals surface area contributed by atoms with Crippen LogP contribution in [0.2, 0.25) is 0 Å². The Morgan fingerprint density at radius 1 is 0.921 bits per heavy atom. The molecule has 7 atom stereocenters. The van der Waals surface area contributed by atoms with E-state index < -0.39 is 11.2 Å². The number of piperidine rings is 1. The molecule has 1 N–H and O–H groups in total. The molecule has 202 valence electrons. The SMILES string of the molecule is C[C@@H]1CC[C@H]2[C@@H](CN3CCC(C(O)(c4ccccc4)c4ccccc4)CC3)C(=O)O[C@]23[C@H]1CC[C@@]1(C)O[C@@H]31. The second-order valence-electron chi connectivity index (χ2n) is 13.1. The molecule has 0 unspecified atom stereocenters. The number of likely N-dealkylation sites (tertiary alicyclic amines) is 1. The van der Waals surface area contributed by atoms with Gasteiger partial charge in [-0.25, -0.2) is 0 Å². The van der Waals surface area contributed by atoms with Gasteiger partial charge in [0.2, 0.25) is 0 Å². The number of carbonyl (C=O) groups excluding carboxylic acids is 1. The molecule has 7 rings (SSSR count). The predicted octanol–water partition coefficient (Wildman–Crippen LogP) is 5.16. The van der Waals surface area contributed by atoms with Gasteiger partial charge in [0.15, 0.2) is 0 Å². The van der Waals surface area contributed by atoms with Crippen LogP contribution in [-0.2, 0) is 19.9 Å². The molecule has 2 aromatic carbocycles. The highest BCUT2D eigenvalue weighted by Crippen LogP contribution is 2.66. The molecule has 3 saturated heterocycles. The summed E-state index contributed by atoms with van der Waals surface area (Å²) < 4.78 is 12.8. The number of ether oxygens (including phenoxy) is 2. The van der Waals surface area contributed by atoms with Crippen molar-refractivity contribution >= 4 is 5.97 Å². The smallest absolute Gasteiger partial charge is 0.311 e. The van der Waals surface area contributed by atoms with E-state index in [1.54, 1.807) is 0 Å². The summed E-state index contributed by atoms with van der Waals surface area (Å²) in [7, 11) is 0. The molecule has 0 radical (unpaired) electrons. The van der Waals surface area contributed by atoms with Crippen LogP contribution in [0.1, 0.15) is 63.5 Å². The number of carbonyl (C=O) groups is 1. The molecular weight excluding hydrogens is 474 g/mol. The Labute approximate surface area is 226 Å². The quantitative estimate of drug-likeness (QED) is 0.440. The highest BCUT2D eigenvalue weighted by molar-refractivity contribution is 5.77. The van der Waals surface area contributed by atoms with E-state index >= 15 is 0 Å². The summed E-state index contributed by atoms with van der Waals surface area (Å²) in [6.45, 7) is 7.09. The van der Waals surface area contributed by atoms with Crippen molar-refractivity contribution in [2.24, 2.45) is 29.6 Å². The van der Waals surface area contributed by atoms with Crippen molar-refractivity contribution in [1.29, 1.82) is 0 Å². The summed E-state index contributed by atoms with van der Waals surface area (Å²) in [5.41, 5.74) is 0.383. The van der Waals surface area contributed by atoms with E-state index in [0.29, 0.717) is 11.8 Å². The lowest BCUT2D eigenvalue weighted by Gasteiger charge is -2.50. The molecule has 5 heteroatoms. The molecule has 0 amide bonds. The number of aliphatic hydroxyl groups is 1. The maximum absolute atomic E-state index is 13.5. The van der Waals surface area contributed by atoms with E-state index in [9.17, 15) is 9.90 Å². The predicted molar refractivity (Wildman–Crippen MR) is 145 cm³/mol. The zero-order valence-corrected chi connectivity index (χ0v) is 22.7. The number of rotatable bonds is 5. The topological polar surface area (TPSA) is 62.3 Å². The Hall–Kier alpha value is -2.21. The second kappa shape index (κ2) is 8.90. The fraction of sp³-hybridized carbons (Fsp3) is 0.606. The van der Waals surface area contributed by atoms with Gasteiger partial charge >= 0.3 is 5.97 Å². The van der Waals surface area contributed by atoms with Gasteiger partial charge in [0.25, 0.3) is 0 Å². The third kappa shape index (κ3) is 3.58. The lowest BCUT2D eigenvalue weighted by molar-refractivity contribution is -0.168. The molecule has 5 fully saturated rings. The molecule has 3 heterocycles. The van der Waals surface area contributed by atoms with E-state index in [4.69, 9.17) is 9.47 Å². The summed E-state index contributed by atoms with van der Waals surface area (Å²) in [6, 6.07) is 20.2. The Morgan fingerprint density at radius 3 is 2.18 bits per heavy atom. The number of esters is 1. The normalized spacial score (nSPS) is 39.1. The zero-order chi connectivity index (χ0) is 26.1. The largest absolute Gasteiger partial charge is 0.455 e. The lowest BCUT2D eigenvalue weighted by Crippen LogP contribution is -2.58. The summed E-state index contributed by atoms with van der Waals surface area (Å²) in [4.78, 5) is 15.9. The average molecular weight is 516 g/mol. The van der Waals surface area contributed by atoms with Crippen molar-refractivity contribution < 1.29 is 19.4 Å². The van der Waals surface area contributed by atoms with Crippen LogP contribution in [0, 0.1) is 29.6 Å². The van der Waals surface area contributed by atoms with Gasteiger partial charge in [0.05, 0.1) is 11.5 Å². The molecule has 0 aromatic heterocycles. The van der Waals surface area contributed by atoms with Crippen molar-refractivity contribution in [3.05, 3.63) is 71.8 Å². The molecule has 5 aliphatic rings. The van der Waals surface area contributed by atoms with Crippen LogP contribution in [0.15, 0.2) is 60.7 Å². The fourth-order valence-corrected chi connectivity index (χ4v) is 9.10. The molecule has 2 aliphatic carbocycles. The Balaban J connectivity index is 1.09. The average Bonchev–Trinajstić information content (AvgIpc) is 3.58. The first-order valence-corrected chi connectivity index (χ1v) is 14.8. The van der Waals surface area contributed by atoms with Crippen LogP contribution in [0.5, 0.6) is 0 Å². The lowest BCUT2D eigenvalue weighted by atomic mass is 9.55. The van der Waals surface area contributed by atoms with Crippen molar-refractivity contribution in [3.63, 3.8) is 0 Å². The number of epoxide rings is 1. The minimum Gasteiger partial charge on any atom is -0.455 e. The minimum absolute atomic E-state index is 0.000972. The summed E-state index contributed by atoms with van der Waals surface area (Å²) in [5.74, 6) is 1.30. The van der Waals surface area contributed by atoms with Crippen LogP contribution in [0.3, 0.4) is 0 Å². The Morgan fingerprint density at radius 2 is 1.55 bits per heavy atom. The maximum Gasteiger partial charge on any atom is 0.311 e. The standard InChI is InChI=1S/C33H41NO4/c1-22-13-14-28-26(29(35)37-33(28)27(22)15-18-31(2)30(33)38-31)21-34-19-16-25(17-20-34)32(36,23-9-5-3-6-10-23)24-11-7-4-8-12-24/h3-12,22,25-28,30,36H,13-21H2,1-2H3/t22-,26-,27+,28+,30-,31-,33-/m1/s1. The van der Waals surface area contributed by atoms with E-state index in [1.165, 1.54) is 6.42 Å². The van der Waals surface area contributed by atoms with Gasteiger partial charge in [-0.3, -0.25) is 4.79 Å². The maximum atomic E-state index is 13.5. The number of hydrogen-bond acceptors (Lipinski definition) is 5. The highest BCUT2D eigenvalue weighted by atomic mass is 16.7. The van der Waals surface area contributed by atoms with E-state index in [0.717, 1.165) is 62.9 Å². The van der Waals surface area contributed by atoms with Crippen LogP contribution < -0.4 is 0 Å². The van der Waals surface area contributed by atoms with Crippen LogP contribution in [0.4, 0.5) is 0 Å². The number of nitrogens with zero attached hydrogens (tertiary/aromatic N) is 1. The molecule has 38 heavy (non-hydrogen) atoms. The van der Waals surface area contributed by atoms with Gasteiger partial charge in [0.1, 0.15) is 17.3 Å². The van der Waals surface area contributed by atoms with Gasteiger partial charge < -0.3 is 19.5 Å². The van der Waals surface area contributed by atoms with Crippen molar-refractivity contribution in [1.82, 2.24) is 4.90 Å². The highest BCUT2D eigenvalue weighted by Gasteiger charge is 2.77. The summed E-state index contributed by atoms with van der Waals surface area (Å²) in [6.07, 6.45) is 6.28. The number of benzene rings is 2. The third-order valence-electron chi connectivity index (χ3n) is 11.2. The Bertz CT molecular complexity index is 1140. The van der Waals surface area contributed by atoms with Gasteiger partial charge in [-0.15, -0.1) is 0 Å². The monoisotopic (exact) mass is 515 g/mol. The first kappa shape index (κ1) is 24.8. The molecule has 5 nitrogen and oxygen atoms in total. The first-order valence-electron chi connectivity index (χ1n) is 14.8. The van der Waals surface area contributed by atoms with Crippen molar-refractivity contribution in [3.8, 4) is 0 Å². The van der Waals surface area contributed by atoms with Crippen molar-refractivity contribution in [2.45, 2.75) is 75.3 Å². The van der Waals surface area contributed by atoms with Gasteiger partial charge in [0, 0.05) is 18.4 Å². The summed E-state index contributed by atoms with van der Waals surface area (Å²) >= 11 is 0. The van der Waals surface area contributed by atoms with Crippen LogP contribution in [-0.4, -0.2) is 52.9 Å². The first-order chi connectivity index (χ1) is 18.4. The van der Waals surface area contributed by atoms with Gasteiger partial charge in [-0.2, -0.15) is 0 Å². The molecule has 3 aliphatic heterocycles. The van der Waals surface area contributed by atoms with Crippen LogP contribution in [0.25, 0.3) is 0 Å². The molecule has 1 spiro atoms. The third-order valence-corrected chi connectivity index (χ3v) is 11.2. The fourth-order valence-electron chi connectivity index (χ4n) is 9.10. The van der Waals surface area contributed by atoms with E-state index in [-0.39, 0.29) is 35.4 Å². The van der Waals surface area contributed by atoms with Gasteiger partial charge in [-0.05, 0) is 81.5 Å². The molecular formula is C33H41NO4. The van der Waals surface area contributed by atoms with E-state index in [1.807, 2.05) is 60.7 Å². The Kier molecular flexibility index (Phi) is 5.81.